The number of rotatable bonds is 8. The van der Waals surface area contributed by atoms with Crippen molar-refractivity contribution in [1.29, 1.82) is 0 Å². The normalized spacial score (nSPS) is 19.2. The van der Waals surface area contributed by atoms with E-state index in [0.29, 0.717) is 24.4 Å². The van der Waals surface area contributed by atoms with Gasteiger partial charge in [0.15, 0.2) is 5.16 Å². The minimum atomic E-state index is -0.174. The van der Waals surface area contributed by atoms with Gasteiger partial charge >= 0.3 is 0 Å². The van der Waals surface area contributed by atoms with Crippen LogP contribution in [-0.2, 0) is 4.79 Å². The number of benzene rings is 1. The topological polar surface area (TPSA) is 59.8 Å². The first kappa shape index (κ1) is 17.6. The SMILES string of the molecule is C[C@H](Sc1nnc(C2CC2)n1C1CC1)C(=O)NC[C@H](C)c1ccccc1. The van der Waals surface area contributed by atoms with Crippen LogP contribution < -0.4 is 5.32 Å². The molecule has 0 aliphatic heterocycles. The van der Waals surface area contributed by atoms with E-state index < -0.39 is 0 Å². The van der Waals surface area contributed by atoms with Crippen LogP contribution in [0.15, 0.2) is 35.5 Å². The van der Waals surface area contributed by atoms with E-state index in [1.165, 1.54) is 43.0 Å². The maximum atomic E-state index is 12.5. The lowest BCUT2D eigenvalue weighted by Crippen LogP contribution is -2.33. The molecule has 0 bridgehead atoms. The standard InChI is InChI=1S/C20H26N4OS/c1-13(15-6-4-3-5-7-15)12-21-19(25)14(2)26-20-23-22-18(16-8-9-16)24(20)17-10-11-17/h3-7,13-14,16-17H,8-12H2,1-2H3,(H,21,25)/t13-,14-/m0/s1. The van der Waals surface area contributed by atoms with E-state index in [-0.39, 0.29) is 11.2 Å². The summed E-state index contributed by atoms with van der Waals surface area (Å²) in [5.41, 5.74) is 1.25. The van der Waals surface area contributed by atoms with Crippen molar-refractivity contribution in [3.63, 3.8) is 0 Å². The summed E-state index contributed by atoms with van der Waals surface area (Å²) in [4.78, 5) is 12.5. The fourth-order valence-electron chi connectivity index (χ4n) is 3.17. The molecule has 0 unspecified atom stereocenters. The fourth-order valence-corrected chi connectivity index (χ4v) is 4.12. The summed E-state index contributed by atoms with van der Waals surface area (Å²) in [6, 6.07) is 10.8. The van der Waals surface area contributed by atoms with Gasteiger partial charge in [-0.15, -0.1) is 10.2 Å². The number of hydrogen-bond donors (Lipinski definition) is 1. The van der Waals surface area contributed by atoms with Gasteiger partial charge in [-0.3, -0.25) is 4.79 Å². The first-order chi connectivity index (χ1) is 12.6. The zero-order valence-electron chi connectivity index (χ0n) is 15.4. The lowest BCUT2D eigenvalue weighted by molar-refractivity contribution is -0.120. The van der Waals surface area contributed by atoms with Gasteiger partial charge in [-0.25, -0.2) is 0 Å². The van der Waals surface area contributed by atoms with Crippen LogP contribution in [0, 0.1) is 0 Å². The monoisotopic (exact) mass is 370 g/mol. The zero-order chi connectivity index (χ0) is 18.1. The second-order valence-electron chi connectivity index (χ2n) is 7.53. The number of aromatic nitrogens is 3. The molecule has 1 aromatic heterocycles. The first-order valence-corrected chi connectivity index (χ1v) is 10.5. The van der Waals surface area contributed by atoms with Gasteiger partial charge in [0.1, 0.15) is 5.82 Å². The average molecular weight is 371 g/mol. The Morgan fingerprint density at radius 3 is 2.58 bits per heavy atom. The number of carbonyl (C=O) groups excluding carboxylic acids is 1. The van der Waals surface area contributed by atoms with Crippen molar-refractivity contribution < 1.29 is 4.79 Å². The highest BCUT2D eigenvalue weighted by Gasteiger charge is 2.37. The molecule has 2 atom stereocenters. The molecule has 6 heteroatoms. The van der Waals surface area contributed by atoms with Crippen LogP contribution in [0.1, 0.15) is 68.8 Å². The zero-order valence-corrected chi connectivity index (χ0v) is 16.2. The van der Waals surface area contributed by atoms with E-state index in [9.17, 15) is 4.79 Å². The molecular weight excluding hydrogens is 344 g/mol. The summed E-state index contributed by atoms with van der Waals surface area (Å²) in [6.07, 6.45) is 4.87. The van der Waals surface area contributed by atoms with Crippen LogP contribution in [0.3, 0.4) is 0 Å². The molecule has 1 amide bonds. The predicted octanol–water partition coefficient (Wildman–Crippen LogP) is 3.89. The summed E-state index contributed by atoms with van der Waals surface area (Å²) in [5, 5.41) is 12.7. The van der Waals surface area contributed by atoms with Crippen molar-refractivity contribution in [2.24, 2.45) is 0 Å². The van der Waals surface area contributed by atoms with Gasteiger partial charge in [0, 0.05) is 18.5 Å². The van der Waals surface area contributed by atoms with Gasteiger partial charge in [0.2, 0.25) is 5.91 Å². The highest BCUT2D eigenvalue weighted by molar-refractivity contribution is 8.00. The second kappa shape index (κ2) is 7.43. The Hall–Kier alpha value is -1.82. The molecule has 0 saturated heterocycles. The molecule has 1 aromatic carbocycles. The number of hydrogen-bond acceptors (Lipinski definition) is 4. The molecule has 5 nitrogen and oxygen atoms in total. The van der Waals surface area contributed by atoms with Crippen molar-refractivity contribution in [2.45, 2.75) is 67.8 Å². The molecule has 2 fully saturated rings. The van der Waals surface area contributed by atoms with Gasteiger partial charge in [-0.1, -0.05) is 49.0 Å². The van der Waals surface area contributed by atoms with Crippen LogP contribution >= 0.6 is 11.8 Å². The smallest absolute Gasteiger partial charge is 0.233 e. The van der Waals surface area contributed by atoms with Gasteiger partial charge in [-0.05, 0) is 44.1 Å². The largest absolute Gasteiger partial charge is 0.355 e. The third kappa shape index (κ3) is 3.95. The summed E-state index contributed by atoms with van der Waals surface area (Å²) < 4.78 is 2.30. The molecular formula is C20H26N4OS. The molecule has 0 radical (unpaired) electrons. The maximum Gasteiger partial charge on any atom is 0.233 e. The maximum absolute atomic E-state index is 12.5. The fraction of sp³-hybridized carbons (Fsp3) is 0.550. The van der Waals surface area contributed by atoms with Gasteiger partial charge in [-0.2, -0.15) is 0 Å². The van der Waals surface area contributed by atoms with Gasteiger partial charge in [0.05, 0.1) is 5.25 Å². The molecule has 2 aromatic rings. The molecule has 2 aliphatic rings. The molecule has 1 N–H and O–H groups in total. The Kier molecular flexibility index (Phi) is 5.02. The third-order valence-electron chi connectivity index (χ3n) is 5.15. The Morgan fingerprint density at radius 2 is 1.92 bits per heavy atom. The lowest BCUT2D eigenvalue weighted by Gasteiger charge is -2.16. The molecule has 26 heavy (non-hydrogen) atoms. The van der Waals surface area contributed by atoms with Crippen LogP contribution in [0.5, 0.6) is 0 Å². The number of nitrogens with zero attached hydrogens (tertiary/aromatic N) is 3. The average Bonchev–Trinajstić information content (AvgIpc) is 3.59. The lowest BCUT2D eigenvalue weighted by atomic mass is 10.0. The van der Waals surface area contributed by atoms with Crippen LogP contribution in [0.4, 0.5) is 0 Å². The Bertz CT molecular complexity index is 767. The van der Waals surface area contributed by atoms with E-state index >= 15 is 0 Å². The van der Waals surface area contributed by atoms with Crippen molar-refractivity contribution in [3.05, 3.63) is 41.7 Å². The van der Waals surface area contributed by atoms with Crippen LogP contribution in [0.25, 0.3) is 0 Å². The van der Waals surface area contributed by atoms with Crippen LogP contribution in [-0.4, -0.2) is 32.5 Å². The van der Waals surface area contributed by atoms with Crippen molar-refractivity contribution >= 4 is 17.7 Å². The quantitative estimate of drug-likeness (QED) is 0.716. The minimum Gasteiger partial charge on any atom is -0.355 e. The molecule has 4 rings (SSSR count). The Balaban J connectivity index is 1.34. The summed E-state index contributed by atoms with van der Waals surface area (Å²) in [7, 11) is 0. The van der Waals surface area contributed by atoms with Crippen LogP contribution in [0.2, 0.25) is 0 Å². The molecule has 1 heterocycles. The van der Waals surface area contributed by atoms with E-state index in [1.54, 1.807) is 0 Å². The molecule has 138 valence electrons. The minimum absolute atomic E-state index is 0.0658. The highest BCUT2D eigenvalue weighted by atomic mass is 32.2. The van der Waals surface area contributed by atoms with Crippen molar-refractivity contribution in [2.75, 3.05) is 6.54 Å². The highest BCUT2D eigenvalue weighted by Crippen LogP contribution is 2.46. The Labute approximate surface area is 159 Å². The number of carbonyl (C=O) groups is 1. The second-order valence-corrected chi connectivity index (χ2v) is 8.84. The molecule has 0 spiro atoms. The van der Waals surface area contributed by atoms with E-state index in [0.717, 1.165) is 11.0 Å². The number of nitrogens with one attached hydrogen (secondary N) is 1. The predicted molar refractivity (Wildman–Crippen MR) is 103 cm³/mol. The number of thioether (sulfide) groups is 1. The summed E-state index contributed by atoms with van der Waals surface area (Å²) in [5.74, 6) is 2.10. The van der Waals surface area contributed by atoms with Crippen molar-refractivity contribution in [1.82, 2.24) is 20.1 Å². The van der Waals surface area contributed by atoms with E-state index in [4.69, 9.17) is 0 Å². The summed E-state index contributed by atoms with van der Waals surface area (Å²) in [6.45, 7) is 4.74. The first-order valence-electron chi connectivity index (χ1n) is 9.57. The van der Waals surface area contributed by atoms with E-state index in [1.807, 2.05) is 25.1 Å². The van der Waals surface area contributed by atoms with E-state index in [2.05, 4.69) is 39.1 Å². The molecule has 2 saturated carbocycles. The van der Waals surface area contributed by atoms with Gasteiger partial charge in [0.25, 0.3) is 0 Å². The van der Waals surface area contributed by atoms with Gasteiger partial charge < -0.3 is 9.88 Å². The number of amides is 1. The molecule has 2 aliphatic carbocycles. The Morgan fingerprint density at radius 1 is 1.19 bits per heavy atom. The van der Waals surface area contributed by atoms with Crippen molar-refractivity contribution in [3.8, 4) is 0 Å². The summed E-state index contributed by atoms with van der Waals surface area (Å²) >= 11 is 1.54. The third-order valence-corrected chi connectivity index (χ3v) is 6.20.